The van der Waals surface area contributed by atoms with E-state index in [0.717, 1.165) is 15.7 Å². The van der Waals surface area contributed by atoms with Gasteiger partial charge < -0.3 is 5.73 Å². The average Bonchev–Trinajstić information content (AvgIpc) is 2.64. The lowest BCUT2D eigenvalue weighted by Crippen LogP contribution is -2.14. The normalized spacial score (nSPS) is 12.7. The Balaban J connectivity index is 2.41. The first-order chi connectivity index (χ1) is 7.20. The topological polar surface area (TPSA) is 38.9 Å². The molecule has 2 nitrogen and oxygen atoms in total. The second-order valence-electron chi connectivity index (χ2n) is 3.28. The van der Waals surface area contributed by atoms with Gasteiger partial charge in [0.25, 0.3) is 0 Å². The number of hydrogen-bond acceptors (Lipinski definition) is 3. The van der Waals surface area contributed by atoms with E-state index < -0.39 is 0 Å². The maximum Gasteiger partial charge on any atom is 0.0758 e. The first-order valence-corrected chi connectivity index (χ1v) is 6.27. The fourth-order valence-electron chi connectivity index (χ4n) is 1.49. The maximum atomic E-state index is 6.18. The number of aryl methyl sites for hydroxylation is 1. The van der Waals surface area contributed by atoms with E-state index in [0.29, 0.717) is 0 Å². The zero-order valence-corrected chi connectivity index (χ0v) is 10.7. The third kappa shape index (κ3) is 2.12. The van der Waals surface area contributed by atoms with Crippen LogP contribution in [0, 0.1) is 6.92 Å². The van der Waals surface area contributed by atoms with Crippen LogP contribution in [0.25, 0.3) is 0 Å². The molecule has 78 valence electrons. The van der Waals surface area contributed by atoms with Crippen LogP contribution in [0.2, 0.25) is 0 Å². The van der Waals surface area contributed by atoms with E-state index in [1.807, 2.05) is 12.1 Å². The lowest BCUT2D eigenvalue weighted by Gasteiger charge is -2.12. The summed E-state index contributed by atoms with van der Waals surface area (Å²) in [4.78, 5) is 5.56. The Morgan fingerprint density at radius 3 is 2.87 bits per heavy atom. The van der Waals surface area contributed by atoms with Crippen molar-refractivity contribution >= 4 is 27.3 Å². The summed E-state index contributed by atoms with van der Waals surface area (Å²) in [5.41, 5.74) is 8.22. The third-order valence-corrected chi connectivity index (χ3v) is 3.85. The van der Waals surface area contributed by atoms with Crippen LogP contribution in [0.5, 0.6) is 0 Å². The molecule has 2 aromatic heterocycles. The summed E-state index contributed by atoms with van der Waals surface area (Å²) in [5, 5.41) is 2.06. The number of aromatic nitrogens is 1. The standard InChI is InChI=1S/C11H11BrN2S/c1-7-8(4-6-15-7)10(13)11-9(12)3-2-5-14-11/h2-6,10H,13H2,1H3. The van der Waals surface area contributed by atoms with Crippen molar-refractivity contribution in [2.75, 3.05) is 0 Å². The summed E-state index contributed by atoms with van der Waals surface area (Å²) in [6.07, 6.45) is 1.77. The Labute approximate surface area is 101 Å². The van der Waals surface area contributed by atoms with Crippen molar-refractivity contribution in [3.05, 3.63) is 50.4 Å². The number of pyridine rings is 1. The van der Waals surface area contributed by atoms with Crippen LogP contribution in [-0.4, -0.2) is 4.98 Å². The number of nitrogens with zero attached hydrogens (tertiary/aromatic N) is 1. The van der Waals surface area contributed by atoms with Gasteiger partial charge in [0, 0.05) is 15.5 Å². The summed E-state index contributed by atoms with van der Waals surface area (Å²) < 4.78 is 0.961. The Hall–Kier alpha value is -0.710. The average molecular weight is 283 g/mol. The second-order valence-corrected chi connectivity index (χ2v) is 5.25. The summed E-state index contributed by atoms with van der Waals surface area (Å²) in [6.45, 7) is 2.08. The molecule has 1 unspecified atom stereocenters. The number of halogens is 1. The minimum Gasteiger partial charge on any atom is -0.319 e. The number of rotatable bonds is 2. The molecule has 2 aromatic rings. The molecule has 4 heteroatoms. The molecule has 0 aliphatic carbocycles. The number of nitrogens with two attached hydrogens (primary N) is 1. The molecule has 0 spiro atoms. The molecule has 0 bridgehead atoms. The molecule has 0 radical (unpaired) electrons. The van der Waals surface area contributed by atoms with Crippen molar-refractivity contribution in [2.24, 2.45) is 5.73 Å². The smallest absolute Gasteiger partial charge is 0.0758 e. The number of thiophene rings is 1. The van der Waals surface area contributed by atoms with Crippen LogP contribution in [-0.2, 0) is 0 Å². The zero-order chi connectivity index (χ0) is 10.8. The molecular weight excluding hydrogens is 272 g/mol. The monoisotopic (exact) mass is 282 g/mol. The van der Waals surface area contributed by atoms with Gasteiger partial charge in [-0.05, 0) is 52.0 Å². The highest BCUT2D eigenvalue weighted by atomic mass is 79.9. The Bertz CT molecular complexity index is 467. The van der Waals surface area contributed by atoms with E-state index in [2.05, 4.69) is 39.3 Å². The summed E-state index contributed by atoms with van der Waals surface area (Å²) in [7, 11) is 0. The SMILES string of the molecule is Cc1sccc1C(N)c1ncccc1Br. The van der Waals surface area contributed by atoms with E-state index in [4.69, 9.17) is 5.73 Å². The molecule has 2 heterocycles. The van der Waals surface area contributed by atoms with Gasteiger partial charge in [0.05, 0.1) is 11.7 Å². The quantitative estimate of drug-likeness (QED) is 0.918. The van der Waals surface area contributed by atoms with E-state index in [-0.39, 0.29) is 6.04 Å². The van der Waals surface area contributed by atoms with Gasteiger partial charge in [-0.1, -0.05) is 0 Å². The summed E-state index contributed by atoms with van der Waals surface area (Å²) in [5.74, 6) is 0. The molecule has 1 atom stereocenters. The van der Waals surface area contributed by atoms with Crippen molar-refractivity contribution in [2.45, 2.75) is 13.0 Å². The van der Waals surface area contributed by atoms with Crippen LogP contribution in [0.4, 0.5) is 0 Å². The van der Waals surface area contributed by atoms with E-state index in [1.165, 1.54) is 4.88 Å². The van der Waals surface area contributed by atoms with Gasteiger partial charge in [-0.25, -0.2) is 0 Å². The van der Waals surface area contributed by atoms with Crippen molar-refractivity contribution in [1.82, 2.24) is 4.98 Å². The van der Waals surface area contributed by atoms with Gasteiger partial charge in [-0.15, -0.1) is 11.3 Å². The number of hydrogen-bond donors (Lipinski definition) is 1. The Morgan fingerprint density at radius 1 is 1.47 bits per heavy atom. The molecule has 15 heavy (non-hydrogen) atoms. The molecule has 0 fully saturated rings. The second kappa shape index (κ2) is 4.43. The fourth-order valence-corrected chi connectivity index (χ4v) is 2.74. The minimum absolute atomic E-state index is 0.146. The maximum absolute atomic E-state index is 6.18. The largest absolute Gasteiger partial charge is 0.319 e. The van der Waals surface area contributed by atoms with Crippen molar-refractivity contribution in [3.8, 4) is 0 Å². The van der Waals surface area contributed by atoms with Crippen molar-refractivity contribution in [3.63, 3.8) is 0 Å². The Morgan fingerprint density at radius 2 is 2.27 bits per heavy atom. The lowest BCUT2D eigenvalue weighted by atomic mass is 10.1. The van der Waals surface area contributed by atoms with E-state index in [9.17, 15) is 0 Å². The van der Waals surface area contributed by atoms with Gasteiger partial charge >= 0.3 is 0 Å². The lowest BCUT2D eigenvalue weighted by molar-refractivity contribution is 0.820. The highest BCUT2D eigenvalue weighted by Crippen LogP contribution is 2.28. The highest BCUT2D eigenvalue weighted by molar-refractivity contribution is 9.10. The molecule has 0 aromatic carbocycles. The summed E-state index contributed by atoms with van der Waals surface area (Å²) >= 11 is 5.18. The van der Waals surface area contributed by atoms with Crippen LogP contribution in [0.1, 0.15) is 22.2 Å². The van der Waals surface area contributed by atoms with Crippen molar-refractivity contribution < 1.29 is 0 Å². The highest BCUT2D eigenvalue weighted by Gasteiger charge is 2.15. The zero-order valence-electron chi connectivity index (χ0n) is 8.27. The molecule has 0 amide bonds. The molecule has 0 aliphatic rings. The molecular formula is C11H11BrN2S. The predicted molar refractivity (Wildman–Crippen MR) is 67.0 cm³/mol. The molecule has 0 saturated heterocycles. The minimum atomic E-state index is -0.146. The van der Waals surface area contributed by atoms with Crippen LogP contribution in [0.3, 0.4) is 0 Å². The first-order valence-electron chi connectivity index (χ1n) is 4.60. The van der Waals surface area contributed by atoms with Crippen LogP contribution < -0.4 is 5.73 Å². The summed E-state index contributed by atoms with van der Waals surface area (Å²) in [6, 6.07) is 5.77. The molecule has 2 rings (SSSR count). The van der Waals surface area contributed by atoms with Crippen molar-refractivity contribution in [1.29, 1.82) is 0 Å². The van der Waals surface area contributed by atoms with E-state index in [1.54, 1.807) is 17.5 Å². The fraction of sp³-hybridized carbons (Fsp3) is 0.182. The molecule has 2 N–H and O–H groups in total. The van der Waals surface area contributed by atoms with Gasteiger partial charge in [-0.3, -0.25) is 4.98 Å². The van der Waals surface area contributed by atoms with Gasteiger partial charge in [0.1, 0.15) is 0 Å². The van der Waals surface area contributed by atoms with Crippen LogP contribution >= 0.6 is 27.3 Å². The van der Waals surface area contributed by atoms with Crippen LogP contribution in [0.15, 0.2) is 34.2 Å². The Kier molecular flexibility index (Phi) is 3.19. The predicted octanol–water partition coefficient (Wildman–Crippen LogP) is 3.26. The van der Waals surface area contributed by atoms with Gasteiger partial charge in [0.2, 0.25) is 0 Å². The molecule has 0 saturated carbocycles. The molecule has 0 aliphatic heterocycles. The first kappa shape index (κ1) is 10.8. The van der Waals surface area contributed by atoms with E-state index >= 15 is 0 Å². The third-order valence-electron chi connectivity index (χ3n) is 2.32. The van der Waals surface area contributed by atoms with Gasteiger partial charge in [-0.2, -0.15) is 0 Å². The van der Waals surface area contributed by atoms with Gasteiger partial charge in [0.15, 0.2) is 0 Å².